The maximum Gasteiger partial charge on any atom is 0.283 e. The van der Waals surface area contributed by atoms with Crippen molar-refractivity contribution >= 4 is 45.7 Å². The Morgan fingerprint density at radius 1 is 1.31 bits per heavy atom. The lowest BCUT2D eigenvalue weighted by Gasteiger charge is -2.04. The number of anilines is 1. The Morgan fingerprint density at radius 3 is 2.79 bits per heavy atom. The zero-order chi connectivity index (χ0) is 21.0. The summed E-state index contributed by atoms with van der Waals surface area (Å²) in [5.41, 5.74) is 0.581. The molecule has 0 aliphatic carbocycles. The zero-order valence-electron chi connectivity index (χ0n) is 15.4. The number of carbonyl (C=O) groups excluding carboxylic acids is 2. The van der Waals surface area contributed by atoms with Crippen molar-refractivity contribution in [2.45, 2.75) is 18.4 Å². The van der Waals surface area contributed by atoms with Crippen LogP contribution in [0.2, 0.25) is 0 Å². The predicted molar refractivity (Wildman–Crippen MR) is 110 cm³/mol. The molecule has 9 nitrogen and oxygen atoms in total. The molecule has 0 atom stereocenters. The number of nitrogens with zero attached hydrogens (tertiary/aromatic N) is 2. The van der Waals surface area contributed by atoms with Crippen LogP contribution in [0.5, 0.6) is 0 Å². The molecule has 2 aromatic heterocycles. The third kappa shape index (κ3) is 5.00. The molecule has 29 heavy (non-hydrogen) atoms. The molecule has 2 amide bonds. The largest absolute Gasteiger partial charge is 0.458 e. The average molecular weight is 432 g/mol. The van der Waals surface area contributed by atoms with Gasteiger partial charge in [-0.05, 0) is 30.5 Å². The number of nitro groups is 1. The van der Waals surface area contributed by atoms with Gasteiger partial charge in [0.2, 0.25) is 5.91 Å². The number of nitrogens with one attached hydrogen (secondary N) is 2. The van der Waals surface area contributed by atoms with Gasteiger partial charge in [-0.15, -0.1) is 23.1 Å². The number of furan rings is 1. The van der Waals surface area contributed by atoms with E-state index >= 15 is 0 Å². The molecule has 0 unspecified atom stereocenters. The molecule has 2 heterocycles. The summed E-state index contributed by atoms with van der Waals surface area (Å²) in [7, 11) is 0. The van der Waals surface area contributed by atoms with Crippen LogP contribution in [0.1, 0.15) is 23.0 Å². The summed E-state index contributed by atoms with van der Waals surface area (Å²) in [4.78, 5) is 38.9. The molecule has 150 valence electrons. The normalized spacial score (nSPS) is 10.6. The van der Waals surface area contributed by atoms with Crippen molar-refractivity contribution in [2.24, 2.45) is 0 Å². The number of hydrogen-bond acceptors (Lipinski definition) is 8. The van der Waals surface area contributed by atoms with Crippen LogP contribution >= 0.6 is 23.1 Å². The van der Waals surface area contributed by atoms with E-state index in [1.54, 1.807) is 29.8 Å². The number of aromatic nitrogens is 1. The van der Waals surface area contributed by atoms with Crippen molar-refractivity contribution in [3.63, 3.8) is 0 Å². The molecule has 0 aliphatic heterocycles. The molecule has 2 N–H and O–H groups in total. The number of benzene rings is 1. The van der Waals surface area contributed by atoms with Crippen LogP contribution in [0.4, 0.5) is 10.8 Å². The van der Waals surface area contributed by atoms with Crippen molar-refractivity contribution in [1.82, 2.24) is 10.3 Å². The van der Waals surface area contributed by atoms with Crippen LogP contribution in [0.3, 0.4) is 0 Å². The lowest BCUT2D eigenvalue weighted by atomic mass is 10.2. The topological polar surface area (TPSA) is 127 Å². The van der Waals surface area contributed by atoms with E-state index in [4.69, 9.17) is 4.42 Å². The highest BCUT2D eigenvalue weighted by molar-refractivity contribution is 7.98. The average Bonchev–Trinajstić information content (AvgIpc) is 3.35. The van der Waals surface area contributed by atoms with Crippen molar-refractivity contribution in [2.75, 3.05) is 11.6 Å². The highest BCUT2D eigenvalue weighted by atomic mass is 32.2. The van der Waals surface area contributed by atoms with Crippen LogP contribution < -0.4 is 10.6 Å². The van der Waals surface area contributed by atoms with Gasteiger partial charge in [0.1, 0.15) is 11.5 Å². The first-order chi connectivity index (χ1) is 13.9. The summed E-state index contributed by atoms with van der Waals surface area (Å²) < 4.78 is 5.63. The Balaban J connectivity index is 1.72. The summed E-state index contributed by atoms with van der Waals surface area (Å²) in [5.74, 6) is 0.428. The van der Waals surface area contributed by atoms with Crippen LogP contribution in [0.15, 0.2) is 45.0 Å². The molecule has 0 saturated heterocycles. The minimum atomic E-state index is -0.514. The third-order valence-electron chi connectivity index (χ3n) is 3.79. The molecule has 1 aromatic carbocycles. The van der Waals surface area contributed by atoms with E-state index < -0.39 is 10.8 Å². The Kier molecular flexibility index (Phi) is 6.29. The molecule has 3 rings (SSSR count). The number of hydrogen-bond donors (Lipinski definition) is 2. The number of nitro benzene ring substituents is 1. The van der Waals surface area contributed by atoms with Gasteiger partial charge >= 0.3 is 0 Å². The fraction of sp³-hybridized carbons (Fsp3) is 0.167. The van der Waals surface area contributed by atoms with E-state index in [9.17, 15) is 19.7 Å². The molecular weight excluding hydrogens is 416 g/mol. The van der Waals surface area contributed by atoms with Crippen molar-refractivity contribution in [1.29, 1.82) is 0 Å². The van der Waals surface area contributed by atoms with Crippen LogP contribution in [-0.2, 0) is 11.3 Å². The van der Waals surface area contributed by atoms with E-state index in [0.29, 0.717) is 27.2 Å². The lowest BCUT2D eigenvalue weighted by Crippen LogP contribution is -2.18. The third-order valence-corrected chi connectivity index (χ3v) is 5.33. The molecular formula is C18H16N4O5S2. The Labute approximate surface area is 173 Å². The van der Waals surface area contributed by atoms with Gasteiger partial charge in [0, 0.05) is 23.9 Å². The second-order valence-corrected chi connectivity index (χ2v) is 7.52. The number of amides is 2. The number of carbonyl (C=O) groups is 2. The molecule has 0 fully saturated rings. The molecule has 0 saturated carbocycles. The monoisotopic (exact) mass is 432 g/mol. The summed E-state index contributed by atoms with van der Waals surface area (Å²) in [6, 6.07) is 7.78. The maximum atomic E-state index is 12.4. The van der Waals surface area contributed by atoms with Crippen molar-refractivity contribution < 1.29 is 18.9 Å². The van der Waals surface area contributed by atoms with E-state index in [0.717, 1.165) is 0 Å². The Morgan fingerprint density at radius 2 is 2.10 bits per heavy atom. The number of thiazole rings is 1. The Bertz CT molecular complexity index is 1080. The van der Waals surface area contributed by atoms with E-state index in [-0.39, 0.29) is 23.7 Å². The van der Waals surface area contributed by atoms with Crippen LogP contribution in [-0.4, -0.2) is 28.0 Å². The van der Waals surface area contributed by atoms with E-state index in [1.807, 2.05) is 0 Å². The van der Waals surface area contributed by atoms with Crippen molar-refractivity contribution in [3.8, 4) is 11.5 Å². The van der Waals surface area contributed by atoms with Gasteiger partial charge in [-0.25, -0.2) is 4.98 Å². The van der Waals surface area contributed by atoms with Crippen molar-refractivity contribution in [3.05, 3.63) is 57.1 Å². The van der Waals surface area contributed by atoms with E-state index in [2.05, 4.69) is 15.6 Å². The summed E-state index contributed by atoms with van der Waals surface area (Å²) in [6.07, 6.45) is 1.73. The highest BCUT2D eigenvalue weighted by Gasteiger charge is 2.18. The number of rotatable bonds is 7. The SMILES string of the molecule is CSc1ccc(C(=O)Nc2nc(-c3ccc(CNC(C)=O)o3)cs2)cc1[N+](=O)[O-]. The quantitative estimate of drug-likeness (QED) is 0.329. The summed E-state index contributed by atoms with van der Waals surface area (Å²) in [6.45, 7) is 1.69. The van der Waals surface area contributed by atoms with Gasteiger partial charge in [0.15, 0.2) is 10.9 Å². The summed E-state index contributed by atoms with van der Waals surface area (Å²) in [5, 5.41) is 18.5. The van der Waals surface area contributed by atoms with Gasteiger partial charge in [-0.1, -0.05) is 0 Å². The van der Waals surface area contributed by atoms with Gasteiger partial charge in [0.25, 0.3) is 11.6 Å². The smallest absolute Gasteiger partial charge is 0.283 e. The minimum absolute atomic E-state index is 0.118. The maximum absolute atomic E-state index is 12.4. The van der Waals surface area contributed by atoms with Gasteiger partial charge in [0.05, 0.1) is 16.4 Å². The standard InChI is InChI=1S/C18H16N4O5S2/c1-10(23)19-8-12-4-5-15(27-12)13-9-29-18(20-13)21-17(24)11-3-6-16(28-2)14(7-11)22(25)26/h3-7,9H,8H2,1-2H3,(H,19,23)(H,20,21,24). The molecule has 0 radical (unpaired) electrons. The van der Waals surface area contributed by atoms with Crippen LogP contribution in [0, 0.1) is 10.1 Å². The highest BCUT2D eigenvalue weighted by Crippen LogP contribution is 2.30. The predicted octanol–water partition coefficient (Wildman–Crippen LogP) is 3.92. The first-order valence-electron chi connectivity index (χ1n) is 8.30. The second kappa shape index (κ2) is 8.88. The first kappa shape index (κ1) is 20.6. The fourth-order valence-corrected chi connectivity index (χ4v) is 3.65. The molecule has 3 aromatic rings. The molecule has 11 heteroatoms. The van der Waals surface area contributed by atoms with Gasteiger partial charge in [-0.2, -0.15) is 0 Å². The number of thioether (sulfide) groups is 1. The molecule has 0 bridgehead atoms. The fourth-order valence-electron chi connectivity index (χ4n) is 2.41. The minimum Gasteiger partial charge on any atom is -0.458 e. The second-order valence-electron chi connectivity index (χ2n) is 5.81. The molecule has 0 spiro atoms. The summed E-state index contributed by atoms with van der Waals surface area (Å²) >= 11 is 2.44. The zero-order valence-corrected chi connectivity index (χ0v) is 17.1. The van der Waals surface area contributed by atoms with E-state index in [1.165, 1.54) is 42.2 Å². The first-order valence-corrected chi connectivity index (χ1v) is 10.4. The molecule has 0 aliphatic rings. The van der Waals surface area contributed by atoms with Crippen LogP contribution in [0.25, 0.3) is 11.5 Å². The lowest BCUT2D eigenvalue weighted by molar-refractivity contribution is -0.387. The van der Waals surface area contributed by atoms with Gasteiger partial charge < -0.3 is 9.73 Å². The Hall–Kier alpha value is -3.18. The van der Waals surface area contributed by atoms with Gasteiger partial charge in [-0.3, -0.25) is 25.0 Å².